The zero-order valence-corrected chi connectivity index (χ0v) is 10.3. The van der Waals surface area contributed by atoms with E-state index in [9.17, 15) is 47.9 Å². The fourth-order valence-corrected chi connectivity index (χ4v) is 1.85. The Hall–Kier alpha value is -0.720. The van der Waals surface area contributed by atoms with Gasteiger partial charge in [-0.15, -0.1) is 6.54 Å². The molecule has 20 heavy (non-hydrogen) atoms. The van der Waals surface area contributed by atoms with E-state index in [2.05, 4.69) is 0 Å². The number of rotatable bonds is 6. The van der Waals surface area contributed by atoms with Crippen molar-refractivity contribution in [3.05, 3.63) is 4.72 Å². The molecule has 0 bridgehead atoms. The Morgan fingerprint density at radius 2 is 1.25 bits per heavy atom. The highest BCUT2D eigenvalue weighted by atomic mass is 32.2. The van der Waals surface area contributed by atoms with Gasteiger partial charge in [0.2, 0.25) is 0 Å². The van der Waals surface area contributed by atoms with E-state index in [1.165, 1.54) is 6.92 Å². The van der Waals surface area contributed by atoms with Crippen LogP contribution in [0.1, 0.15) is 13.3 Å². The molecule has 0 spiro atoms. The molecule has 0 radical (unpaired) electrons. The van der Waals surface area contributed by atoms with Crippen molar-refractivity contribution in [3.8, 4) is 0 Å². The summed E-state index contributed by atoms with van der Waals surface area (Å²) < 4.78 is 135. The standard InChI is InChI=1S/C7H7F9NO2S/c1-2-3-17-20(18,19)7(15,16)5(10,11)4(8,9)6(12,13)14/h2-3H2,1H3/q-1. The van der Waals surface area contributed by atoms with Crippen LogP contribution in [0, 0.1) is 0 Å². The van der Waals surface area contributed by atoms with Gasteiger partial charge in [0.1, 0.15) is 10.0 Å². The summed E-state index contributed by atoms with van der Waals surface area (Å²) in [5.74, 6) is -14.5. The number of sulfonamides is 1. The summed E-state index contributed by atoms with van der Waals surface area (Å²) in [6, 6.07) is 0. The zero-order chi connectivity index (χ0) is 16.6. The van der Waals surface area contributed by atoms with Crippen LogP contribution in [0.4, 0.5) is 39.5 Å². The first-order chi connectivity index (χ1) is 8.56. The van der Waals surface area contributed by atoms with E-state index in [0.717, 1.165) is 0 Å². The van der Waals surface area contributed by atoms with E-state index < -0.39 is 39.8 Å². The lowest BCUT2D eigenvalue weighted by Gasteiger charge is -2.36. The van der Waals surface area contributed by atoms with E-state index in [1.54, 1.807) is 0 Å². The monoisotopic (exact) mass is 340 g/mol. The Bertz CT molecular complexity index is 442. The van der Waals surface area contributed by atoms with Crippen LogP contribution < -0.4 is 0 Å². The van der Waals surface area contributed by atoms with Crippen molar-refractivity contribution in [2.24, 2.45) is 0 Å². The molecule has 0 unspecified atom stereocenters. The summed E-state index contributed by atoms with van der Waals surface area (Å²) in [5, 5.41) is -6.71. The van der Waals surface area contributed by atoms with Crippen molar-refractivity contribution in [2.45, 2.75) is 36.6 Å². The number of hydrogen-bond acceptors (Lipinski definition) is 2. The summed E-state index contributed by atoms with van der Waals surface area (Å²) in [6.07, 6.45) is -7.31. The van der Waals surface area contributed by atoms with Crippen LogP contribution in [0.25, 0.3) is 4.72 Å². The van der Waals surface area contributed by atoms with Gasteiger partial charge in [0.05, 0.1) is 0 Å². The number of alkyl halides is 9. The van der Waals surface area contributed by atoms with Crippen molar-refractivity contribution < 1.29 is 47.9 Å². The second-order valence-corrected chi connectivity index (χ2v) is 5.21. The average molecular weight is 340 g/mol. The third kappa shape index (κ3) is 2.82. The first-order valence-corrected chi connectivity index (χ1v) is 6.13. The first kappa shape index (κ1) is 19.3. The fraction of sp³-hybridized carbons (Fsp3) is 1.00. The molecule has 0 saturated heterocycles. The molecule has 0 atom stereocenters. The maximum Gasteiger partial charge on any atom is 0.460 e. The van der Waals surface area contributed by atoms with Gasteiger partial charge in [-0.1, -0.05) is 13.3 Å². The Balaban J connectivity index is 5.82. The predicted octanol–water partition coefficient (Wildman–Crippen LogP) is 3.53. The molecular formula is C7H7F9NO2S-. The first-order valence-electron chi connectivity index (χ1n) is 4.69. The van der Waals surface area contributed by atoms with Crippen LogP contribution in [-0.2, 0) is 10.0 Å². The largest absolute Gasteiger partial charge is 0.544 e. The van der Waals surface area contributed by atoms with Crippen molar-refractivity contribution >= 4 is 10.0 Å². The molecule has 0 aliphatic rings. The lowest BCUT2D eigenvalue weighted by molar-refractivity contribution is -0.382. The van der Waals surface area contributed by atoms with Gasteiger partial charge in [-0.05, 0) is 0 Å². The molecular weight excluding hydrogens is 333 g/mol. The maximum absolute atomic E-state index is 12.9. The topological polar surface area (TPSA) is 48.2 Å². The van der Waals surface area contributed by atoms with E-state index in [-0.39, 0.29) is 6.42 Å². The minimum absolute atomic E-state index is 0.240. The summed E-state index contributed by atoms with van der Waals surface area (Å²) in [5.41, 5.74) is 0. The van der Waals surface area contributed by atoms with Crippen LogP contribution in [0.2, 0.25) is 0 Å². The Kier molecular flexibility index (Phi) is 5.05. The Morgan fingerprint density at radius 1 is 0.850 bits per heavy atom. The Morgan fingerprint density at radius 3 is 1.55 bits per heavy atom. The van der Waals surface area contributed by atoms with Crippen LogP contribution in [0.5, 0.6) is 0 Å². The summed E-state index contributed by atoms with van der Waals surface area (Å²) in [7, 11) is -6.56. The second kappa shape index (κ2) is 5.24. The summed E-state index contributed by atoms with van der Waals surface area (Å²) in [4.78, 5) is 0. The van der Waals surface area contributed by atoms with Crippen LogP contribution >= 0.6 is 0 Å². The molecule has 0 saturated carbocycles. The van der Waals surface area contributed by atoms with E-state index >= 15 is 0 Å². The molecule has 0 rings (SSSR count). The van der Waals surface area contributed by atoms with Crippen molar-refractivity contribution in [3.63, 3.8) is 0 Å². The van der Waals surface area contributed by atoms with Crippen LogP contribution in [0.15, 0.2) is 0 Å². The maximum atomic E-state index is 12.9. The van der Waals surface area contributed by atoms with Gasteiger partial charge in [-0.2, -0.15) is 39.5 Å². The summed E-state index contributed by atoms with van der Waals surface area (Å²) in [6.45, 7) is 0.214. The van der Waals surface area contributed by atoms with Crippen molar-refractivity contribution in [1.29, 1.82) is 0 Å². The minimum atomic E-state index is -7.25. The summed E-state index contributed by atoms with van der Waals surface area (Å²) >= 11 is 0. The molecule has 13 heteroatoms. The molecule has 0 heterocycles. The highest BCUT2D eigenvalue weighted by molar-refractivity contribution is 7.95. The van der Waals surface area contributed by atoms with Crippen molar-refractivity contribution in [2.75, 3.05) is 6.54 Å². The molecule has 122 valence electrons. The molecule has 3 nitrogen and oxygen atoms in total. The quantitative estimate of drug-likeness (QED) is 0.695. The smallest absolute Gasteiger partial charge is 0.460 e. The van der Waals surface area contributed by atoms with Crippen LogP contribution in [0.3, 0.4) is 0 Å². The fourth-order valence-electron chi connectivity index (χ4n) is 0.815. The molecule has 0 aromatic rings. The highest BCUT2D eigenvalue weighted by Gasteiger charge is 2.83. The molecule has 0 aromatic heterocycles. The van der Waals surface area contributed by atoms with E-state index in [0.29, 0.717) is 0 Å². The molecule has 0 amide bonds. The van der Waals surface area contributed by atoms with E-state index in [1.807, 2.05) is 4.72 Å². The van der Waals surface area contributed by atoms with Crippen LogP contribution in [-0.4, -0.2) is 38.2 Å². The van der Waals surface area contributed by atoms with E-state index in [4.69, 9.17) is 0 Å². The number of hydrogen-bond donors (Lipinski definition) is 0. The third-order valence-corrected chi connectivity index (χ3v) is 3.35. The SMILES string of the molecule is CCC[N-]S(=O)(=O)C(F)(F)C(F)(F)C(F)(F)C(F)(F)F. The number of nitrogens with zero attached hydrogens (tertiary/aromatic N) is 1. The van der Waals surface area contributed by atoms with Gasteiger partial charge >= 0.3 is 23.3 Å². The second-order valence-electron chi connectivity index (χ2n) is 3.49. The lowest BCUT2D eigenvalue weighted by atomic mass is 10.1. The van der Waals surface area contributed by atoms with Crippen molar-refractivity contribution in [1.82, 2.24) is 0 Å². The zero-order valence-electron chi connectivity index (χ0n) is 9.49. The van der Waals surface area contributed by atoms with Gasteiger partial charge in [0.15, 0.2) is 0 Å². The Labute approximate surface area is 107 Å². The third-order valence-electron chi connectivity index (χ3n) is 1.92. The highest BCUT2D eigenvalue weighted by Crippen LogP contribution is 2.55. The van der Waals surface area contributed by atoms with Gasteiger partial charge in [-0.3, -0.25) is 0 Å². The minimum Gasteiger partial charge on any atom is -0.544 e. The molecule has 0 aliphatic carbocycles. The molecule has 0 fully saturated rings. The lowest BCUT2D eigenvalue weighted by Crippen LogP contribution is -2.63. The molecule has 0 aromatic carbocycles. The molecule has 0 N–H and O–H groups in total. The predicted molar refractivity (Wildman–Crippen MR) is 48.3 cm³/mol. The average Bonchev–Trinajstić information content (AvgIpc) is 2.24. The molecule has 0 aliphatic heterocycles. The van der Waals surface area contributed by atoms with Gasteiger partial charge < -0.3 is 4.72 Å². The number of halogens is 9. The van der Waals surface area contributed by atoms with Gasteiger partial charge in [0, 0.05) is 0 Å². The van der Waals surface area contributed by atoms with Gasteiger partial charge in [-0.25, -0.2) is 8.42 Å². The van der Waals surface area contributed by atoms with Gasteiger partial charge in [0.25, 0.3) is 0 Å². The normalized spacial score (nSPS) is 15.5.